The second-order valence-electron chi connectivity index (χ2n) is 5.09. The largest absolute Gasteiger partial charge is 0.381 e. The summed E-state index contributed by atoms with van der Waals surface area (Å²) in [6.07, 6.45) is 2.45. The van der Waals surface area contributed by atoms with Crippen molar-refractivity contribution in [1.82, 2.24) is 4.90 Å². The monoisotopic (exact) mass is 244 g/mol. The number of nitriles is 1. The molecule has 2 rings (SSSR count). The van der Waals surface area contributed by atoms with Gasteiger partial charge in [-0.25, -0.2) is 0 Å². The fourth-order valence-corrected chi connectivity index (χ4v) is 2.51. The van der Waals surface area contributed by atoms with Gasteiger partial charge < -0.3 is 9.64 Å². The van der Waals surface area contributed by atoms with E-state index in [1.165, 1.54) is 18.4 Å². The third-order valence-electron chi connectivity index (χ3n) is 3.33. The molecule has 0 aliphatic carbocycles. The van der Waals surface area contributed by atoms with E-state index >= 15 is 0 Å². The molecule has 1 unspecified atom stereocenters. The predicted octanol–water partition coefficient (Wildman–Crippen LogP) is 2.42. The zero-order valence-corrected chi connectivity index (χ0v) is 10.9. The van der Waals surface area contributed by atoms with Gasteiger partial charge in [0.15, 0.2) is 0 Å². The molecule has 0 saturated carbocycles. The topological polar surface area (TPSA) is 36.3 Å². The van der Waals surface area contributed by atoms with Gasteiger partial charge in [-0.2, -0.15) is 5.26 Å². The highest BCUT2D eigenvalue weighted by Gasteiger charge is 2.15. The average molecular weight is 244 g/mol. The number of benzene rings is 1. The van der Waals surface area contributed by atoms with Gasteiger partial charge in [0.25, 0.3) is 0 Å². The Labute approximate surface area is 109 Å². The van der Waals surface area contributed by atoms with Crippen molar-refractivity contribution in [3.05, 3.63) is 35.4 Å². The van der Waals surface area contributed by atoms with E-state index < -0.39 is 0 Å². The van der Waals surface area contributed by atoms with Crippen molar-refractivity contribution >= 4 is 0 Å². The van der Waals surface area contributed by atoms with E-state index in [0.29, 0.717) is 5.92 Å². The maximum Gasteiger partial charge on any atom is 0.0991 e. The van der Waals surface area contributed by atoms with Gasteiger partial charge in [0, 0.05) is 19.7 Å². The molecule has 0 N–H and O–H groups in total. The van der Waals surface area contributed by atoms with Crippen LogP contribution in [0.3, 0.4) is 0 Å². The van der Waals surface area contributed by atoms with E-state index in [0.717, 1.165) is 31.9 Å². The lowest BCUT2D eigenvalue weighted by Crippen LogP contribution is -2.30. The van der Waals surface area contributed by atoms with Gasteiger partial charge in [-0.05, 0) is 43.5 Å². The minimum atomic E-state index is 0.655. The van der Waals surface area contributed by atoms with Crippen LogP contribution in [0.15, 0.2) is 24.3 Å². The van der Waals surface area contributed by atoms with Gasteiger partial charge in [0.1, 0.15) is 0 Å². The normalized spacial score (nSPS) is 19.7. The van der Waals surface area contributed by atoms with E-state index in [4.69, 9.17) is 10.00 Å². The van der Waals surface area contributed by atoms with Gasteiger partial charge in [-0.15, -0.1) is 0 Å². The first-order valence-corrected chi connectivity index (χ1v) is 6.53. The molecule has 96 valence electrons. The van der Waals surface area contributed by atoms with Gasteiger partial charge >= 0.3 is 0 Å². The molecule has 1 fully saturated rings. The molecule has 1 heterocycles. The Morgan fingerprint density at radius 3 is 3.11 bits per heavy atom. The molecule has 1 aliphatic heterocycles. The van der Waals surface area contributed by atoms with Crippen LogP contribution in [0.5, 0.6) is 0 Å². The van der Waals surface area contributed by atoms with Crippen LogP contribution in [-0.2, 0) is 11.3 Å². The van der Waals surface area contributed by atoms with Crippen molar-refractivity contribution < 1.29 is 4.74 Å². The van der Waals surface area contributed by atoms with Gasteiger partial charge in [0.05, 0.1) is 18.2 Å². The molecule has 1 aromatic rings. The first-order valence-electron chi connectivity index (χ1n) is 6.53. The highest BCUT2D eigenvalue weighted by atomic mass is 16.5. The summed E-state index contributed by atoms with van der Waals surface area (Å²) in [7, 11) is 2.13. The molecule has 18 heavy (non-hydrogen) atoms. The third kappa shape index (κ3) is 3.83. The van der Waals surface area contributed by atoms with Crippen molar-refractivity contribution in [2.75, 3.05) is 26.8 Å². The average Bonchev–Trinajstić information content (AvgIpc) is 2.40. The van der Waals surface area contributed by atoms with Crippen molar-refractivity contribution in [3.8, 4) is 6.07 Å². The van der Waals surface area contributed by atoms with Gasteiger partial charge in [-0.1, -0.05) is 12.1 Å². The molecule has 1 aromatic carbocycles. The van der Waals surface area contributed by atoms with E-state index in [2.05, 4.69) is 24.1 Å². The SMILES string of the molecule is CN(Cc1cccc(C#N)c1)CC1CCCOC1. The van der Waals surface area contributed by atoms with Crippen LogP contribution in [-0.4, -0.2) is 31.7 Å². The van der Waals surface area contributed by atoms with E-state index in [-0.39, 0.29) is 0 Å². The molecule has 3 heteroatoms. The molecule has 1 aliphatic rings. The summed E-state index contributed by atoms with van der Waals surface area (Å²) in [4.78, 5) is 2.32. The molecular weight excluding hydrogens is 224 g/mol. The van der Waals surface area contributed by atoms with Crippen LogP contribution in [0, 0.1) is 17.2 Å². The fourth-order valence-electron chi connectivity index (χ4n) is 2.51. The van der Waals surface area contributed by atoms with E-state index in [1.807, 2.05) is 18.2 Å². The lowest BCUT2D eigenvalue weighted by atomic mass is 10.0. The summed E-state index contributed by atoms with van der Waals surface area (Å²) < 4.78 is 5.50. The lowest BCUT2D eigenvalue weighted by Gasteiger charge is -2.27. The summed E-state index contributed by atoms with van der Waals surface area (Å²) in [6, 6.07) is 10.0. The Morgan fingerprint density at radius 1 is 1.50 bits per heavy atom. The standard InChI is InChI=1S/C15H20N2O/c1-17(11-15-6-3-7-18-12-15)10-14-5-2-4-13(8-14)9-16/h2,4-5,8,15H,3,6-7,10-12H2,1H3. The summed E-state index contributed by atoms with van der Waals surface area (Å²) >= 11 is 0. The van der Waals surface area contributed by atoms with E-state index in [1.54, 1.807) is 0 Å². The highest BCUT2D eigenvalue weighted by molar-refractivity contribution is 5.32. The summed E-state index contributed by atoms with van der Waals surface area (Å²) in [6.45, 7) is 3.77. The minimum absolute atomic E-state index is 0.655. The third-order valence-corrected chi connectivity index (χ3v) is 3.33. The number of nitrogens with zero attached hydrogens (tertiary/aromatic N) is 2. The maximum atomic E-state index is 8.88. The second kappa shape index (κ2) is 6.53. The Hall–Kier alpha value is -1.37. The number of rotatable bonds is 4. The highest BCUT2D eigenvalue weighted by Crippen LogP contribution is 2.15. The summed E-state index contributed by atoms with van der Waals surface area (Å²) in [5.74, 6) is 0.655. The molecular formula is C15H20N2O. The first-order chi connectivity index (χ1) is 8.78. The second-order valence-corrected chi connectivity index (χ2v) is 5.09. The number of ether oxygens (including phenoxy) is 1. The van der Waals surface area contributed by atoms with Crippen LogP contribution in [0.2, 0.25) is 0 Å². The Balaban J connectivity index is 1.86. The summed E-state index contributed by atoms with van der Waals surface area (Å²) in [5.41, 5.74) is 1.94. The molecule has 0 spiro atoms. The Bertz CT molecular complexity index is 419. The van der Waals surface area contributed by atoms with Crippen molar-refractivity contribution in [2.45, 2.75) is 19.4 Å². The van der Waals surface area contributed by atoms with Gasteiger partial charge in [-0.3, -0.25) is 0 Å². The molecule has 1 atom stereocenters. The number of hydrogen-bond acceptors (Lipinski definition) is 3. The molecule has 0 bridgehead atoms. The maximum absolute atomic E-state index is 8.88. The smallest absolute Gasteiger partial charge is 0.0991 e. The Morgan fingerprint density at radius 2 is 2.39 bits per heavy atom. The molecule has 0 radical (unpaired) electrons. The van der Waals surface area contributed by atoms with Crippen LogP contribution < -0.4 is 0 Å². The first kappa shape index (κ1) is 13.1. The molecule has 0 aromatic heterocycles. The van der Waals surface area contributed by atoms with Crippen LogP contribution in [0.25, 0.3) is 0 Å². The predicted molar refractivity (Wildman–Crippen MR) is 71.0 cm³/mol. The Kier molecular flexibility index (Phi) is 4.74. The van der Waals surface area contributed by atoms with Crippen molar-refractivity contribution in [3.63, 3.8) is 0 Å². The minimum Gasteiger partial charge on any atom is -0.381 e. The van der Waals surface area contributed by atoms with Crippen molar-refractivity contribution in [1.29, 1.82) is 5.26 Å². The number of hydrogen-bond donors (Lipinski definition) is 0. The fraction of sp³-hybridized carbons (Fsp3) is 0.533. The van der Waals surface area contributed by atoms with Crippen LogP contribution in [0.1, 0.15) is 24.0 Å². The molecule has 1 saturated heterocycles. The van der Waals surface area contributed by atoms with Crippen LogP contribution >= 0.6 is 0 Å². The van der Waals surface area contributed by atoms with E-state index in [9.17, 15) is 0 Å². The lowest BCUT2D eigenvalue weighted by molar-refractivity contribution is 0.0411. The van der Waals surface area contributed by atoms with Gasteiger partial charge in [0.2, 0.25) is 0 Å². The molecule has 0 amide bonds. The summed E-state index contributed by atoms with van der Waals surface area (Å²) in [5, 5.41) is 8.88. The van der Waals surface area contributed by atoms with Crippen LogP contribution in [0.4, 0.5) is 0 Å². The van der Waals surface area contributed by atoms with Crippen molar-refractivity contribution in [2.24, 2.45) is 5.92 Å². The molecule has 3 nitrogen and oxygen atoms in total. The quantitative estimate of drug-likeness (QED) is 0.816. The zero-order valence-electron chi connectivity index (χ0n) is 10.9. The zero-order chi connectivity index (χ0) is 12.8.